The number of allylic oxidation sites excluding steroid dienone is 4. The fourth-order valence-electron chi connectivity index (χ4n) is 9.76. The molecule has 5 aliphatic rings. The van der Waals surface area contributed by atoms with Crippen LogP contribution in [0.25, 0.3) is 0 Å². The smallest absolute Gasteiger partial charge is 0.303 e. The maximum absolute atomic E-state index is 14.1. The maximum Gasteiger partial charge on any atom is 0.303 e. The van der Waals surface area contributed by atoms with Crippen molar-refractivity contribution in [1.82, 2.24) is 0 Å². The molecule has 4 saturated carbocycles. The van der Waals surface area contributed by atoms with Gasteiger partial charge in [-0.05, 0) is 74.3 Å². The van der Waals surface area contributed by atoms with Crippen molar-refractivity contribution < 1.29 is 34.4 Å². The van der Waals surface area contributed by atoms with Gasteiger partial charge in [0.15, 0.2) is 24.0 Å². The summed E-state index contributed by atoms with van der Waals surface area (Å²) in [7, 11) is 0. The van der Waals surface area contributed by atoms with Gasteiger partial charge >= 0.3 is 5.97 Å². The monoisotopic (exact) mass is 514 g/mol. The van der Waals surface area contributed by atoms with Gasteiger partial charge < -0.3 is 20.1 Å². The van der Waals surface area contributed by atoms with E-state index in [9.17, 15) is 29.7 Å². The van der Waals surface area contributed by atoms with Gasteiger partial charge in [-0.25, -0.2) is 0 Å². The second-order valence-electron chi connectivity index (χ2n) is 12.9. The third kappa shape index (κ3) is 3.75. The van der Waals surface area contributed by atoms with Crippen LogP contribution in [0.2, 0.25) is 0 Å². The van der Waals surface area contributed by atoms with Crippen molar-refractivity contribution in [3.8, 4) is 0 Å². The van der Waals surface area contributed by atoms with Gasteiger partial charge in [0, 0.05) is 24.2 Å². The lowest BCUT2D eigenvalue weighted by molar-refractivity contribution is -0.305. The van der Waals surface area contributed by atoms with Crippen molar-refractivity contribution in [2.24, 2.45) is 39.9 Å². The molecule has 4 fully saturated rings. The predicted octanol–water partition coefficient (Wildman–Crippen LogP) is 3.64. The minimum Gasteiger partial charge on any atom is -0.458 e. The number of aliphatic hydroxyl groups is 3. The Balaban J connectivity index is 1.58. The van der Waals surface area contributed by atoms with Crippen LogP contribution in [-0.2, 0) is 19.1 Å². The molecule has 3 N–H and O–H groups in total. The molecule has 7 heteroatoms. The molecular weight excluding hydrogens is 472 g/mol. The summed E-state index contributed by atoms with van der Waals surface area (Å²) in [5.41, 5.74) is -1.80. The summed E-state index contributed by atoms with van der Waals surface area (Å²) >= 11 is 0. The second-order valence-corrected chi connectivity index (χ2v) is 12.9. The summed E-state index contributed by atoms with van der Waals surface area (Å²) in [5.74, 6) is -3.80. The predicted molar refractivity (Wildman–Crippen MR) is 136 cm³/mol. The number of Topliss-reactive ketones (excluding diaryl/α,β-unsaturated/α-hetero) is 1. The zero-order valence-electron chi connectivity index (χ0n) is 22.4. The van der Waals surface area contributed by atoms with Crippen molar-refractivity contribution in [3.05, 3.63) is 23.8 Å². The van der Waals surface area contributed by atoms with Crippen LogP contribution in [0.3, 0.4) is 0 Å². The standard InChI is InChI=1S/C30H42O7/c1-18(31)37-17-25(34)29(30(35,36)19-7-5-4-6-8-19)14-12-23-22-10-9-20-15-21(32)11-13-27(20,2)26(22)24(33)16-28(23,29)3/h11,13,15,19,22-24,26,33,35-36H,4-10,12,14,16-17H2,1-3H3/t22-,23-,24?,26+,27-,28-,29-/m0/s1. The molecule has 1 unspecified atom stereocenters. The number of rotatable bonds is 5. The average Bonchev–Trinajstić information content (AvgIpc) is 3.17. The lowest BCUT2D eigenvalue weighted by Gasteiger charge is -2.62. The van der Waals surface area contributed by atoms with Gasteiger partial charge in [0.25, 0.3) is 0 Å². The highest BCUT2D eigenvalue weighted by molar-refractivity contribution is 6.01. The molecule has 5 rings (SSSR count). The molecule has 0 saturated heterocycles. The Morgan fingerprint density at radius 2 is 1.81 bits per heavy atom. The second kappa shape index (κ2) is 9.13. The number of esters is 1. The third-order valence-electron chi connectivity index (χ3n) is 11.4. The SMILES string of the molecule is CC(=O)OCC(=O)[C@@]1(C(O)(O)C2CCCCC2)CC[C@H]2[C@@H]3CCC4=CC(=O)C=C[C@]4(C)[C@H]3C(O)C[C@@]21C. The fraction of sp³-hybridized carbons (Fsp3) is 0.767. The molecule has 0 bridgehead atoms. The highest BCUT2D eigenvalue weighted by Crippen LogP contribution is 2.72. The van der Waals surface area contributed by atoms with Crippen molar-refractivity contribution in [2.75, 3.05) is 6.61 Å². The number of aliphatic hydroxyl groups excluding tert-OH is 1. The first kappa shape index (κ1) is 26.8. The van der Waals surface area contributed by atoms with Crippen LogP contribution in [0.15, 0.2) is 23.8 Å². The molecule has 7 nitrogen and oxygen atoms in total. The van der Waals surface area contributed by atoms with E-state index in [-0.39, 0.29) is 30.0 Å². The van der Waals surface area contributed by atoms with Crippen LogP contribution in [0.5, 0.6) is 0 Å². The number of ether oxygens (including phenoxy) is 1. The van der Waals surface area contributed by atoms with E-state index in [0.29, 0.717) is 25.7 Å². The van der Waals surface area contributed by atoms with Crippen molar-refractivity contribution in [2.45, 2.75) is 96.9 Å². The highest BCUT2D eigenvalue weighted by Gasteiger charge is 2.75. The van der Waals surface area contributed by atoms with Crippen molar-refractivity contribution in [1.29, 1.82) is 0 Å². The van der Waals surface area contributed by atoms with E-state index in [1.54, 1.807) is 12.2 Å². The van der Waals surface area contributed by atoms with E-state index in [0.717, 1.165) is 37.7 Å². The van der Waals surface area contributed by atoms with Crippen LogP contribution >= 0.6 is 0 Å². The van der Waals surface area contributed by atoms with Gasteiger partial charge in [-0.2, -0.15) is 0 Å². The van der Waals surface area contributed by atoms with E-state index in [1.807, 2.05) is 13.0 Å². The highest BCUT2D eigenvalue weighted by atomic mass is 16.5. The minimum absolute atomic E-state index is 0.00570. The van der Waals surface area contributed by atoms with Crippen LogP contribution in [0.4, 0.5) is 0 Å². The average molecular weight is 515 g/mol. The van der Waals surface area contributed by atoms with Gasteiger partial charge in [-0.15, -0.1) is 0 Å². The summed E-state index contributed by atoms with van der Waals surface area (Å²) in [6.45, 7) is 4.82. The Hall–Kier alpha value is -1.83. The Kier molecular flexibility index (Phi) is 6.60. The lowest BCUT2D eigenvalue weighted by Crippen LogP contribution is -2.68. The Bertz CT molecular complexity index is 1040. The molecule has 5 aliphatic carbocycles. The van der Waals surface area contributed by atoms with Gasteiger partial charge in [-0.3, -0.25) is 14.4 Å². The molecule has 37 heavy (non-hydrogen) atoms. The van der Waals surface area contributed by atoms with Crippen LogP contribution in [0.1, 0.15) is 85.0 Å². The molecule has 0 aromatic rings. The molecule has 0 aromatic carbocycles. The number of carbonyl (C=O) groups excluding carboxylic acids is 3. The zero-order chi connectivity index (χ0) is 26.8. The topological polar surface area (TPSA) is 121 Å². The molecule has 0 aliphatic heterocycles. The molecular formula is C30H42O7. The number of hydrogen-bond acceptors (Lipinski definition) is 7. The lowest BCUT2D eigenvalue weighted by atomic mass is 9.43. The quantitative estimate of drug-likeness (QED) is 0.378. The Morgan fingerprint density at radius 1 is 1.11 bits per heavy atom. The van der Waals surface area contributed by atoms with E-state index in [4.69, 9.17) is 4.74 Å². The third-order valence-corrected chi connectivity index (χ3v) is 11.4. The van der Waals surface area contributed by atoms with Crippen molar-refractivity contribution in [3.63, 3.8) is 0 Å². The number of ketones is 2. The summed E-state index contributed by atoms with van der Waals surface area (Å²) < 4.78 is 5.16. The normalized spacial score (nSPS) is 41.9. The molecule has 0 amide bonds. The van der Waals surface area contributed by atoms with Gasteiger partial charge in [0.1, 0.15) is 0 Å². The number of hydrogen-bond donors (Lipinski definition) is 3. The van der Waals surface area contributed by atoms with Gasteiger partial charge in [0.05, 0.1) is 11.5 Å². The van der Waals surface area contributed by atoms with Crippen LogP contribution in [-0.4, -0.2) is 51.4 Å². The van der Waals surface area contributed by atoms with E-state index in [2.05, 4.69) is 6.92 Å². The van der Waals surface area contributed by atoms with Gasteiger partial charge in [0.2, 0.25) is 0 Å². The zero-order valence-corrected chi connectivity index (χ0v) is 22.4. The maximum atomic E-state index is 14.1. The summed E-state index contributed by atoms with van der Waals surface area (Å²) in [6, 6.07) is 0. The molecule has 0 heterocycles. The molecule has 7 atom stereocenters. The summed E-state index contributed by atoms with van der Waals surface area (Å²) in [5, 5.41) is 35.9. The van der Waals surface area contributed by atoms with E-state index >= 15 is 0 Å². The van der Waals surface area contributed by atoms with Gasteiger partial charge in [-0.1, -0.05) is 44.8 Å². The van der Waals surface area contributed by atoms with Crippen LogP contribution in [0, 0.1) is 39.9 Å². The fourth-order valence-corrected chi connectivity index (χ4v) is 9.76. The van der Waals surface area contributed by atoms with Crippen molar-refractivity contribution >= 4 is 17.5 Å². The number of fused-ring (bicyclic) bond motifs is 5. The first-order valence-electron chi connectivity index (χ1n) is 14.1. The van der Waals surface area contributed by atoms with E-state index < -0.39 is 52.4 Å². The van der Waals surface area contributed by atoms with E-state index in [1.165, 1.54) is 6.92 Å². The largest absolute Gasteiger partial charge is 0.458 e. The Morgan fingerprint density at radius 3 is 2.49 bits per heavy atom. The minimum atomic E-state index is -2.26. The van der Waals surface area contributed by atoms with Crippen LogP contribution < -0.4 is 0 Å². The first-order valence-corrected chi connectivity index (χ1v) is 14.1. The molecule has 204 valence electrons. The Labute approximate surface area is 219 Å². The molecule has 0 aromatic heterocycles. The first-order chi connectivity index (χ1) is 17.4. The molecule has 0 spiro atoms. The number of carbonyl (C=O) groups is 3. The summed E-state index contributed by atoms with van der Waals surface area (Å²) in [4.78, 5) is 37.8. The summed E-state index contributed by atoms with van der Waals surface area (Å²) in [6.07, 6.45) is 11.3. The molecule has 0 radical (unpaired) electrons.